The Kier molecular flexibility index (Phi) is 6.04. The molecule has 7 heteroatoms. The lowest BCUT2D eigenvalue weighted by molar-refractivity contribution is -0.124. The molecule has 0 spiro atoms. The van der Waals surface area contributed by atoms with Crippen molar-refractivity contribution in [2.24, 2.45) is 0 Å². The summed E-state index contributed by atoms with van der Waals surface area (Å²) in [6.45, 7) is 3.48. The standard InChI is InChI=1S/C26H27N5O2/c32-25-19-29(13-11-27-25)14-15-31-24-9-8-23(17-22(24)18-28-31)30-12-10-21(16-26(30)33)7-6-20-4-2-1-3-5-20/h1-5,8-10,12,16-18H,6-7,11,13-15,19H2,(H,27,32). The van der Waals surface area contributed by atoms with Crippen LogP contribution < -0.4 is 10.9 Å². The first-order valence-corrected chi connectivity index (χ1v) is 11.4. The van der Waals surface area contributed by atoms with E-state index in [1.54, 1.807) is 10.6 Å². The van der Waals surface area contributed by atoms with Gasteiger partial charge in [-0.25, -0.2) is 0 Å². The fourth-order valence-electron chi connectivity index (χ4n) is 4.34. The van der Waals surface area contributed by atoms with Crippen LogP contribution in [-0.2, 0) is 24.2 Å². The summed E-state index contributed by atoms with van der Waals surface area (Å²) in [7, 11) is 0. The quantitative estimate of drug-likeness (QED) is 0.478. The Bertz CT molecular complexity index is 1330. The van der Waals surface area contributed by atoms with Crippen molar-refractivity contribution in [3.63, 3.8) is 0 Å². The number of amides is 1. The van der Waals surface area contributed by atoms with E-state index in [0.29, 0.717) is 19.6 Å². The minimum Gasteiger partial charge on any atom is -0.354 e. The van der Waals surface area contributed by atoms with Crippen LogP contribution in [0.4, 0.5) is 0 Å². The first kappa shape index (κ1) is 21.2. The van der Waals surface area contributed by atoms with Gasteiger partial charge in [-0.05, 0) is 48.2 Å². The molecule has 0 aliphatic carbocycles. The number of nitrogens with zero attached hydrogens (tertiary/aromatic N) is 4. The molecule has 0 radical (unpaired) electrons. The highest BCUT2D eigenvalue weighted by Gasteiger charge is 2.16. The Morgan fingerprint density at radius 3 is 2.58 bits per heavy atom. The van der Waals surface area contributed by atoms with E-state index < -0.39 is 0 Å². The second-order valence-corrected chi connectivity index (χ2v) is 8.47. The van der Waals surface area contributed by atoms with Gasteiger partial charge in [0.2, 0.25) is 5.91 Å². The van der Waals surface area contributed by atoms with E-state index in [4.69, 9.17) is 0 Å². The molecule has 2 aromatic heterocycles. The predicted octanol–water partition coefficient (Wildman–Crippen LogP) is 2.40. The van der Waals surface area contributed by atoms with Gasteiger partial charge in [-0.3, -0.25) is 23.7 Å². The van der Waals surface area contributed by atoms with Gasteiger partial charge < -0.3 is 5.32 Å². The molecule has 168 valence electrons. The summed E-state index contributed by atoms with van der Waals surface area (Å²) in [5.74, 6) is 0.0766. The molecule has 2 aromatic carbocycles. The number of rotatable bonds is 7. The highest BCUT2D eigenvalue weighted by Crippen LogP contribution is 2.18. The summed E-state index contributed by atoms with van der Waals surface area (Å²) < 4.78 is 3.64. The number of nitrogens with one attached hydrogen (secondary N) is 1. The van der Waals surface area contributed by atoms with Crippen molar-refractivity contribution in [1.29, 1.82) is 0 Å². The van der Waals surface area contributed by atoms with Gasteiger partial charge in [0.1, 0.15) is 0 Å². The zero-order valence-electron chi connectivity index (χ0n) is 18.5. The summed E-state index contributed by atoms with van der Waals surface area (Å²) in [6, 6.07) is 20.0. The Hall–Kier alpha value is -3.71. The van der Waals surface area contributed by atoms with Crippen LogP contribution in [0, 0.1) is 0 Å². The maximum Gasteiger partial charge on any atom is 0.255 e. The summed E-state index contributed by atoms with van der Waals surface area (Å²) in [4.78, 5) is 26.5. The molecule has 1 aliphatic heterocycles. The fourth-order valence-corrected chi connectivity index (χ4v) is 4.34. The van der Waals surface area contributed by atoms with Crippen LogP contribution in [0.5, 0.6) is 0 Å². The van der Waals surface area contributed by atoms with Gasteiger partial charge >= 0.3 is 0 Å². The van der Waals surface area contributed by atoms with Crippen molar-refractivity contribution in [3.8, 4) is 5.69 Å². The molecule has 1 amide bonds. The van der Waals surface area contributed by atoms with Gasteiger partial charge in [-0.1, -0.05) is 30.3 Å². The number of carbonyl (C=O) groups excluding carboxylic acids is 1. The minimum atomic E-state index is -0.0318. The minimum absolute atomic E-state index is 0.0318. The van der Waals surface area contributed by atoms with E-state index in [2.05, 4.69) is 27.4 Å². The van der Waals surface area contributed by atoms with Crippen LogP contribution in [0.3, 0.4) is 0 Å². The van der Waals surface area contributed by atoms with Gasteiger partial charge in [0.25, 0.3) is 5.56 Å². The molecule has 1 N–H and O–H groups in total. The zero-order chi connectivity index (χ0) is 22.6. The molecule has 3 heterocycles. The van der Waals surface area contributed by atoms with Gasteiger partial charge in [0, 0.05) is 43.0 Å². The maximum absolute atomic E-state index is 12.8. The molecule has 0 bridgehead atoms. The molecule has 1 aliphatic rings. The smallest absolute Gasteiger partial charge is 0.255 e. The van der Waals surface area contributed by atoms with Gasteiger partial charge in [-0.15, -0.1) is 0 Å². The number of aryl methyl sites for hydroxylation is 2. The number of fused-ring (bicyclic) bond motifs is 1. The third-order valence-electron chi connectivity index (χ3n) is 6.18. The molecule has 0 unspecified atom stereocenters. The lowest BCUT2D eigenvalue weighted by Gasteiger charge is -2.26. The molecule has 0 saturated carbocycles. The molecule has 0 atom stereocenters. The normalized spacial score (nSPS) is 14.5. The van der Waals surface area contributed by atoms with Gasteiger partial charge in [-0.2, -0.15) is 5.10 Å². The second-order valence-electron chi connectivity index (χ2n) is 8.47. The van der Waals surface area contributed by atoms with Crippen LogP contribution in [-0.4, -0.2) is 51.3 Å². The molecule has 5 rings (SSSR count). The van der Waals surface area contributed by atoms with E-state index in [-0.39, 0.29) is 11.5 Å². The Labute approximate surface area is 192 Å². The molecule has 33 heavy (non-hydrogen) atoms. The summed E-state index contributed by atoms with van der Waals surface area (Å²) >= 11 is 0. The van der Waals surface area contributed by atoms with E-state index in [0.717, 1.165) is 48.1 Å². The van der Waals surface area contributed by atoms with E-state index in [1.165, 1.54) is 5.56 Å². The van der Waals surface area contributed by atoms with E-state index in [9.17, 15) is 9.59 Å². The SMILES string of the molecule is O=C1CN(CCn2ncc3cc(-n4ccc(CCc5ccccc5)cc4=O)ccc32)CCN1. The zero-order valence-corrected chi connectivity index (χ0v) is 18.5. The van der Waals surface area contributed by atoms with Gasteiger partial charge in [0.15, 0.2) is 0 Å². The number of benzene rings is 2. The molecule has 1 saturated heterocycles. The largest absolute Gasteiger partial charge is 0.354 e. The van der Waals surface area contributed by atoms with Crippen molar-refractivity contribution in [3.05, 3.63) is 94.5 Å². The monoisotopic (exact) mass is 441 g/mol. The molecular formula is C26H27N5O2. The third-order valence-corrected chi connectivity index (χ3v) is 6.18. The first-order chi connectivity index (χ1) is 16.2. The van der Waals surface area contributed by atoms with E-state index >= 15 is 0 Å². The highest BCUT2D eigenvalue weighted by molar-refractivity contribution is 5.81. The Morgan fingerprint density at radius 1 is 0.909 bits per heavy atom. The lowest BCUT2D eigenvalue weighted by atomic mass is 10.1. The van der Waals surface area contributed by atoms with Crippen LogP contribution in [0.2, 0.25) is 0 Å². The second kappa shape index (κ2) is 9.42. The molecule has 7 nitrogen and oxygen atoms in total. The summed E-state index contributed by atoms with van der Waals surface area (Å²) in [5, 5.41) is 8.36. The van der Waals surface area contributed by atoms with Crippen molar-refractivity contribution in [2.75, 3.05) is 26.2 Å². The number of piperazine rings is 1. The summed E-state index contributed by atoms with van der Waals surface area (Å²) in [5.41, 5.74) is 4.13. The Balaban J connectivity index is 1.28. The number of carbonyl (C=O) groups is 1. The maximum atomic E-state index is 12.8. The average Bonchev–Trinajstić information content (AvgIpc) is 3.24. The van der Waals surface area contributed by atoms with Crippen molar-refractivity contribution in [2.45, 2.75) is 19.4 Å². The highest BCUT2D eigenvalue weighted by atomic mass is 16.2. The lowest BCUT2D eigenvalue weighted by Crippen LogP contribution is -2.48. The topological polar surface area (TPSA) is 72.2 Å². The van der Waals surface area contributed by atoms with Crippen molar-refractivity contribution in [1.82, 2.24) is 24.6 Å². The molecular weight excluding hydrogens is 414 g/mol. The average molecular weight is 442 g/mol. The van der Waals surface area contributed by atoms with E-state index in [1.807, 2.05) is 59.5 Å². The van der Waals surface area contributed by atoms with Crippen LogP contribution in [0.25, 0.3) is 16.6 Å². The summed E-state index contributed by atoms with van der Waals surface area (Å²) in [6.07, 6.45) is 5.44. The van der Waals surface area contributed by atoms with Crippen LogP contribution >= 0.6 is 0 Å². The van der Waals surface area contributed by atoms with Crippen LogP contribution in [0.15, 0.2) is 77.9 Å². The predicted molar refractivity (Wildman–Crippen MR) is 129 cm³/mol. The van der Waals surface area contributed by atoms with Gasteiger partial charge in [0.05, 0.1) is 24.8 Å². The molecule has 4 aromatic rings. The molecule has 1 fully saturated rings. The fraction of sp³-hybridized carbons (Fsp3) is 0.269. The number of pyridine rings is 1. The third kappa shape index (κ3) is 4.88. The van der Waals surface area contributed by atoms with Crippen molar-refractivity contribution < 1.29 is 4.79 Å². The number of aromatic nitrogens is 3. The number of hydrogen-bond acceptors (Lipinski definition) is 4. The number of hydrogen-bond donors (Lipinski definition) is 1. The Morgan fingerprint density at radius 2 is 1.76 bits per heavy atom. The van der Waals surface area contributed by atoms with Crippen molar-refractivity contribution >= 4 is 16.8 Å². The first-order valence-electron chi connectivity index (χ1n) is 11.4. The van der Waals surface area contributed by atoms with Crippen LogP contribution in [0.1, 0.15) is 11.1 Å².